The van der Waals surface area contributed by atoms with Gasteiger partial charge in [0.15, 0.2) is 0 Å². The third-order valence-corrected chi connectivity index (χ3v) is 4.17. The summed E-state index contributed by atoms with van der Waals surface area (Å²) in [6.45, 7) is 4.61. The first-order valence-corrected chi connectivity index (χ1v) is 8.16. The van der Waals surface area contributed by atoms with Crippen LogP contribution >= 0.6 is 15.9 Å². The Hall–Kier alpha value is -2.54. The number of carbonyl (C=O) groups excluding carboxylic acids is 2. The Labute approximate surface area is 147 Å². The lowest BCUT2D eigenvalue weighted by Gasteiger charge is -2.38. The van der Waals surface area contributed by atoms with Crippen molar-refractivity contribution in [1.29, 1.82) is 0 Å². The normalized spacial score (nSPS) is 14.0. The van der Waals surface area contributed by atoms with Crippen molar-refractivity contribution in [2.45, 2.75) is 5.92 Å². The Kier molecular flexibility index (Phi) is 4.71. The molecule has 0 atom stereocenters. The summed E-state index contributed by atoms with van der Waals surface area (Å²) < 4.78 is 0.835. The zero-order valence-corrected chi connectivity index (χ0v) is 14.4. The molecule has 0 saturated carbocycles. The zero-order valence-electron chi connectivity index (χ0n) is 12.8. The van der Waals surface area contributed by atoms with Gasteiger partial charge in [-0.15, -0.1) is 0 Å². The van der Waals surface area contributed by atoms with Crippen molar-refractivity contribution in [3.8, 4) is 0 Å². The first kappa shape index (κ1) is 16.3. The van der Waals surface area contributed by atoms with Crippen molar-refractivity contribution < 1.29 is 9.59 Å². The molecule has 0 spiro atoms. The highest BCUT2D eigenvalue weighted by molar-refractivity contribution is 9.10. The smallest absolute Gasteiger partial charge is 0.253 e. The Bertz CT molecular complexity index is 768. The maximum Gasteiger partial charge on any atom is 0.253 e. The fourth-order valence-electron chi connectivity index (χ4n) is 2.41. The standard InChI is InChI=1S/C17H15BrN4O2/c1-2-15(23)21-14-5-3-11(4-6-14)17(24)22-9-12(10-22)16-19-7-13(18)8-20-16/h2-8,12H,1,9-10H2,(H,21,23). The molecule has 0 unspecified atom stereocenters. The maximum atomic E-state index is 12.4. The number of amides is 2. The van der Waals surface area contributed by atoms with Crippen LogP contribution in [0.3, 0.4) is 0 Å². The average Bonchev–Trinajstić information content (AvgIpc) is 2.55. The molecule has 2 heterocycles. The molecule has 122 valence electrons. The minimum Gasteiger partial charge on any atom is -0.337 e. The van der Waals surface area contributed by atoms with Crippen molar-refractivity contribution in [1.82, 2.24) is 14.9 Å². The van der Waals surface area contributed by atoms with Crippen molar-refractivity contribution in [3.63, 3.8) is 0 Å². The molecule has 6 nitrogen and oxygen atoms in total. The van der Waals surface area contributed by atoms with Gasteiger partial charge in [-0.05, 0) is 46.3 Å². The van der Waals surface area contributed by atoms with Gasteiger partial charge in [-0.3, -0.25) is 9.59 Å². The molecule has 1 aliphatic heterocycles. The second-order valence-electron chi connectivity index (χ2n) is 5.44. The van der Waals surface area contributed by atoms with Crippen LogP contribution in [-0.4, -0.2) is 39.8 Å². The Morgan fingerprint density at radius 2 is 1.83 bits per heavy atom. The minimum atomic E-state index is -0.283. The monoisotopic (exact) mass is 386 g/mol. The molecular formula is C17H15BrN4O2. The number of nitrogens with one attached hydrogen (secondary N) is 1. The maximum absolute atomic E-state index is 12.4. The number of hydrogen-bond donors (Lipinski definition) is 1. The van der Waals surface area contributed by atoms with E-state index in [1.807, 2.05) is 0 Å². The minimum absolute atomic E-state index is 0.0371. The molecule has 1 aromatic carbocycles. The number of aromatic nitrogens is 2. The van der Waals surface area contributed by atoms with E-state index in [9.17, 15) is 9.59 Å². The second kappa shape index (κ2) is 6.92. The van der Waals surface area contributed by atoms with Gasteiger partial charge < -0.3 is 10.2 Å². The van der Waals surface area contributed by atoms with Gasteiger partial charge in [0, 0.05) is 36.7 Å². The summed E-state index contributed by atoms with van der Waals surface area (Å²) in [5, 5.41) is 2.65. The van der Waals surface area contributed by atoms with E-state index in [1.165, 1.54) is 6.08 Å². The van der Waals surface area contributed by atoms with Crippen LogP contribution in [0.2, 0.25) is 0 Å². The summed E-state index contributed by atoms with van der Waals surface area (Å²) in [6.07, 6.45) is 4.62. The van der Waals surface area contributed by atoms with E-state index in [-0.39, 0.29) is 17.7 Å². The van der Waals surface area contributed by atoms with Crippen LogP contribution < -0.4 is 5.32 Å². The number of halogens is 1. The van der Waals surface area contributed by atoms with Crippen LogP contribution in [0, 0.1) is 0 Å². The number of nitrogens with zero attached hydrogens (tertiary/aromatic N) is 3. The van der Waals surface area contributed by atoms with Crippen molar-refractivity contribution >= 4 is 33.4 Å². The molecule has 0 bridgehead atoms. The summed E-state index contributed by atoms with van der Waals surface area (Å²) >= 11 is 3.30. The molecule has 7 heteroatoms. The van der Waals surface area contributed by atoms with Crippen LogP contribution in [0.1, 0.15) is 22.1 Å². The van der Waals surface area contributed by atoms with E-state index in [2.05, 4.69) is 37.8 Å². The number of rotatable bonds is 4. The highest BCUT2D eigenvalue weighted by atomic mass is 79.9. The first-order chi connectivity index (χ1) is 11.6. The van der Waals surface area contributed by atoms with Gasteiger partial charge in [0.1, 0.15) is 5.82 Å². The van der Waals surface area contributed by atoms with Gasteiger partial charge in [0.25, 0.3) is 5.91 Å². The SMILES string of the molecule is C=CC(=O)Nc1ccc(C(=O)N2CC(c3ncc(Br)cn3)C2)cc1. The van der Waals surface area contributed by atoms with Crippen LogP contribution in [-0.2, 0) is 4.79 Å². The van der Waals surface area contributed by atoms with E-state index in [4.69, 9.17) is 0 Å². The summed E-state index contributed by atoms with van der Waals surface area (Å²) in [4.78, 5) is 34.0. The number of hydrogen-bond acceptors (Lipinski definition) is 4. The van der Waals surface area contributed by atoms with Crippen LogP contribution in [0.5, 0.6) is 0 Å². The zero-order chi connectivity index (χ0) is 17.1. The predicted octanol–water partition coefficient (Wildman–Crippen LogP) is 2.60. The summed E-state index contributed by atoms with van der Waals surface area (Å²) in [7, 11) is 0. The number of anilines is 1. The molecule has 1 saturated heterocycles. The van der Waals surface area contributed by atoms with Gasteiger partial charge in [-0.1, -0.05) is 6.58 Å². The molecule has 0 aliphatic carbocycles. The Morgan fingerprint density at radius 1 is 1.21 bits per heavy atom. The van der Waals surface area contributed by atoms with Gasteiger partial charge in [0.2, 0.25) is 5.91 Å². The van der Waals surface area contributed by atoms with Crippen molar-refractivity contribution in [2.75, 3.05) is 18.4 Å². The lowest BCUT2D eigenvalue weighted by molar-refractivity contribution is -0.111. The predicted molar refractivity (Wildman–Crippen MR) is 93.6 cm³/mol. The highest BCUT2D eigenvalue weighted by Crippen LogP contribution is 2.26. The lowest BCUT2D eigenvalue weighted by Crippen LogP contribution is -2.49. The molecule has 2 aromatic rings. The third-order valence-electron chi connectivity index (χ3n) is 3.76. The van der Waals surface area contributed by atoms with Gasteiger partial charge >= 0.3 is 0 Å². The molecule has 1 fully saturated rings. The van der Waals surface area contributed by atoms with Crippen molar-refractivity contribution in [2.24, 2.45) is 0 Å². The van der Waals surface area contributed by atoms with E-state index in [0.717, 1.165) is 10.3 Å². The lowest BCUT2D eigenvalue weighted by atomic mass is 9.98. The van der Waals surface area contributed by atoms with E-state index < -0.39 is 0 Å². The largest absolute Gasteiger partial charge is 0.337 e. The van der Waals surface area contributed by atoms with Crippen LogP contribution in [0.25, 0.3) is 0 Å². The van der Waals surface area contributed by atoms with Gasteiger partial charge in [-0.25, -0.2) is 9.97 Å². The average molecular weight is 387 g/mol. The third kappa shape index (κ3) is 3.51. The molecule has 24 heavy (non-hydrogen) atoms. The Morgan fingerprint density at radius 3 is 2.42 bits per heavy atom. The van der Waals surface area contributed by atoms with Gasteiger partial charge in [0.05, 0.1) is 10.4 Å². The topological polar surface area (TPSA) is 75.2 Å². The molecule has 3 rings (SSSR count). The second-order valence-corrected chi connectivity index (χ2v) is 6.35. The molecule has 1 N–H and O–H groups in total. The number of likely N-dealkylation sites (tertiary alicyclic amines) is 1. The van der Waals surface area contributed by atoms with Gasteiger partial charge in [-0.2, -0.15) is 0 Å². The summed E-state index contributed by atoms with van der Waals surface area (Å²) in [5.41, 5.74) is 1.21. The molecule has 0 radical (unpaired) electrons. The first-order valence-electron chi connectivity index (χ1n) is 7.37. The molecule has 1 aromatic heterocycles. The Balaban J connectivity index is 1.59. The summed E-state index contributed by atoms with van der Waals surface area (Å²) in [5.74, 6) is 0.608. The summed E-state index contributed by atoms with van der Waals surface area (Å²) in [6, 6.07) is 6.79. The van der Waals surface area contributed by atoms with E-state index in [1.54, 1.807) is 41.6 Å². The molecule has 1 aliphatic rings. The quantitative estimate of drug-likeness (QED) is 0.819. The van der Waals surface area contributed by atoms with Crippen LogP contribution in [0.4, 0.5) is 5.69 Å². The molecular weight excluding hydrogens is 372 g/mol. The fourth-order valence-corrected chi connectivity index (χ4v) is 2.62. The molecule has 2 amide bonds. The van der Waals surface area contributed by atoms with E-state index >= 15 is 0 Å². The van der Waals surface area contributed by atoms with Crippen molar-refractivity contribution in [3.05, 3.63) is 65.2 Å². The van der Waals surface area contributed by atoms with Crippen LogP contribution in [0.15, 0.2) is 53.8 Å². The number of benzene rings is 1. The highest BCUT2D eigenvalue weighted by Gasteiger charge is 2.33. The fraction of sp³-hybridized carbons (Fsp3) is 0.176. The number of carbonyl (C=O) groups is 2. The van der Waals surface area contributed by atoms with E-state index in [0.29, 0.717) is 24.3 Å².